The van der Waals surface area contributed by atoms with E-state index in [1.807, 2.05) is 6.08 Å². The molecular weight excluding hydrogens is 380 g/mol. The third-order valence-electron chi connectivity index (χ3n) is 8.05. The quantitative estimate of drug-likeness (QED) is 0.421. The summed E-state index contributed by atoms with van der Waals surface area (Å²) >= 11 is 0. The van der Waals surface area contributed by atoms with Crippen LogP contribution in [0.4, 0.5) is 0 Å². The standard InChI is InChI=1S/C25H40O5/c1-18(13-16-26)11-14-24(4)19(2)12-15-25(20(3)7-6-8-21(24)25)17-30-23(28)10-9-22(27)29-5/h7,13,19,21,26H,6,8-12,14-17H2,1-5H3/b18-13+/t19-,21-,24+,25-/m1/s1. The number of aliphatic hydroxyl groups excluding tert-OH is 1. The van der Waals surface area contributed by atoms with Crippen molar-refractivity contribution in [2.75, 3.05) is 20.3 Å². The lowest BCUT2D eigenvalue weighted by atomic mass is 9.46. The molecule has 0 aliphatic heterocycles. The number of aliphatic hydroxyl groups is 1. The normalized spacial score (nSPS) is 31.5. The van der Waals surface area contributed by atoms with Crippen LogP contribution in [0.15, 0.2) is 23.3 Å². The van der Waals surface area contributed by atoms with Crippen molar-refractivity contribution in [1.29, 1.82) is 0 Å². The van der Waals surface area contributed by atoms with E-state index in [1.54, 1.807) is 0 Å². The smallest absolute Gasteiger partial charge is 0.306 e. The lowest BCUT2D eigenvalue weighted by molar-refractivity contribution is -0.156. The molecule has 0 aromatic carbocycles. The number of carbonyl (C=O) groups excluding carboxylic acids is 2. The highest BCUT2D eigenvalue weighted by Crippen LogP contribution is 2.62. The number of hydrogen-bond acceptors (Lipinski definition) is 5. The van der Waals surface area contributed by atoms with E-state index in [4.69, 9.17) is 4.74 Å². The second-order valence-corrected chi connectivity index (χ2v) is 9.59. The highest BCUT2D eigenvalue weighted by molar-refractivity contribution is 5.77. The number of carbonyl (C=O) groups is 2. The summed E-state index contributed by atoms with van der Waals surface area (Å²) in [7, 11) is 1.33. The largest absolute Gasteiger partial charge is 0.469 e. The highest BCUT2D eigenvalue weighted by atomic mass is 16.5. The van der Waals surface area contributed by atoms with Crippen LogP contribution < -0.4 is 0 Å². The SMILES string of the molecule is COC(=O)CCC(=O)OC[C@@]12CC[C@@H](C)[C@](C)(CC/C(C)=C/CO)[C@H]1CCC=C2C. The van der Waals surface area contributed by atoms with Crippen molar-refractivity contribution < 1.29 is 24.2 Å². The molecule has 0 unspecified atom stereocenters. The minimum atomic E-state index is -0.387. The molecule has 0 amide bonds. The lowest BCUT2D eigenvalue weighted by Gasteiger charge is -2.59. The van der Waals surface area contributed by atoms with Crippen LogP contribution in [0, 0.1) is 22.7 Å². The molecule has 170 valence electrons. The zero-order valence-corrected chi connectivity index (χ0v) is 19.5. The Balaban J connectivity index is 2.19. The van der Waals surface area contributed by atoms with Crippen molar-refractivity contribution in [2.24, 2.45) is 22.7 Å². The second-order valence-electron chi connectivity index (χ2n) is 9.59. The van der Waals surface area contributed by atoms with Crippen molar-refractivity contribution in [3.05, 3.63) is 23.3 Å². The van der Waals surface area contributed by atoms with E-state index in [2.05, 4.69) is 38.5 Å². The van der Waals surface area contributed by atoms with Gasteiger partial charge in [0.15, 0.2) is 0 Å². The molecule has 2 aliphatic carbocycles. The molecule has 0 aromatic heterocycles. The second kappa shape index (κ2) is 10.6. The van der Waals surface area contributed by atoms with Gasteiger partial charge in [0.05, 0.1) is 26.6 Å². The van der Waals surface area contributed by atoms with E-state index in [-0.39, 0.29) is 42.2 Å². The van der Waals surface area contributed by atoms with Gasteiger partial charge >= 0.3 is 11.9 Å². The number of methoxy groups -OCH3 is 1. The van der Waals surface area contributed by atoms with Crippen LogP contribution in [-0.2, 0) is 19.1 Å². The molecule has 0 bridgehead atoms. The average Bonchev–Trinajstić information content (AvgIpc) is 2.73. The van der Waals surface area contributed by atoms with E-state index in [0.29, 0.717) is 18.4 Å². The molecule has 5 nitrogen and oxygen atoms in total. The fraction of sp³-hybridized carbons (Fsp3) is 0.760. The Hall–Kier alpha value is -1.62. The Morgan fingerprint density at radius 2 is 1.93 bits per heavy atom. The van der Waals surface area contributed by atoms with Gasteiger partial charge in [-0.2, -0.15) is 0 Å². The highest BCUT2D eigenvalue weighted by Gasteiger charge is 2.55. The Morgan fingerprint density at radius 1 is 1.23 bits per heavy atom. The van der Waals surface area contributed by atoms with Gasteiger partial charge in [0, 0.05) is 5.41 Å². The monoisotopic (exact) mass is 420 g/mol. The Kier molecular flexibility index (Phi) is 8.72. The maximum atomic E-state index is 12.3. The summed E-state index contributed by atoms with van der Waals surface area (Å²) in [5, 5.41) is 9.21. The van der Waals surface area contributed by atoms with Gasteiger partial charge in [0.1, 0.15) is 6.61 Å². The van der Waals surface area contributed by atoms with Gasteiger partial charge in [-0.1, -0.05) is 37.1 Å². The zero-order chi connectivity index (χ0) is 22.4. The molecule has 30 heavy (non-hydrogen) atoms. The number of rotatable bonds is 9. The first kappa shape index (κ1) is 24.6. The molecule has 2 aliphatic rings. The van der Waals surface area contributed by atoms with Crippen molar-refractivity contribution in [3.63, 3.8) is 0 Å². The molecule has 0 spiro atoms. The molecular formula is C25H40O5. The fourth-order valence-electron chi connectivity index (χ4n) is 5.72. The maximum absolute atomic E-state index is 12.3. The molecule has 2 rings (SSSR count). The van der Waals surface area contributed by atoms with Gasteiger partial charge in [-0.05, 0) is 69.6 Å². The topological polar surface area (TPSA) is 72.8 Å². The van der Waals surface area contributed by atoms with Crippen LogP contribution >= 0.6 is 0 Å². The van der Waals surface area contributed by atoms with Crippen LogP contribution in [0.3, 0.4) is 0 Å². The van der Waals surface area contributed by atoms with E-state index >= 15 is 0 Å². The zero-order valence-electron chi connectivity index (χ0n) is 19.5. The molecule has 0 radical (unpaired) electrons. The first-order chi connectivity index (χ1) is 14.2. The summed E-state index contributed by atoms with van der Waals surface area (Å²) < 4.78 is 10.4. The third kappa shape index (κ3) is 5.35. The molecule has 0 heterocycles. The predicted octanol–water partition coefficient (Wildman–Crippen LogP) is 4.98. The summed E-state index contributed by atoms with van der Waals surface area (Å²) in [6.45, 7) is 9.56. The van der Waals surface area contributed by atoms with Crippen molar-refractivity contribution in [2.45, 2.75) is 79.1 Å². The van der Waals surface area contributed by atoms with E-state index < -0.39 is 0 Å². The van der Waals surface area contributed by atoms with Crippen LogP contribution in [0.2, 0.25) is 0 Å². The summed E-state index contributed by atoms with van der Waals surface area (Å²) in [6, 6.07) is 0. The number of ether oxygens (including phenoxy) is 2. The van der Waals surface area contributed by atoms with Crippen LogP contribution in [0.25, 0.3) is 0 Å². The fourth-order valence-corrected chi connectivity index (χ4v) is 5.72. The number of fused-ring (bicyclic) bond motifs is 1. The van der Waals surface area contributed by atoms with Crippen molar-refractivity contribution in [3.8, 4) is 0 Å². The van der Waals surface area contributed by atoms with Gasteiger partial charge in [0.2, 0.25) is 0 Å². The minimum Gasteiger partial charge on any atom is -0.469 e. The van der Waals surface area contributed by atoms with E-state index in [9.17, 15) is 14.7 Å². The molecule has 1 fully saturated rings. The van der Waals surface area contributed by atoms with Crippen molar-refractivity contribution >= 4 is 11.9 Å². The van der Waals surface area contributed by atoms with Crippen molar-refractivity contribution in [1.82, 2.24) is 0 Å². The number of esters is 2. The predicted molar refractivity (Wildman–Crippen MR) is 118 cm³/mol. The summed E-state index contributed by atoms with van der Waals surface area (Å²) in [5.41, 5.74) is 2.62. The summed E-state index contributed by atoms with van der Waals surface area (Å²) in [6.07, 6.45) is 10.7. The average molecular weight is 421 g/mol. The van der Waals surface area contributed by atoms with Gasteiger partial charge in [-0.25, -0.2) is 0 Å². The summed E-state index contributed by atoms with van der Waals surface area (Å²) in [5.74, 6) is 0.337. The number of allylic oxidation sites excluding steroid dienone is 2. The molecule has 4 atom stereocenters. The number of hydrogen-bond donors (Lipinski definition) is 1. The van der Waals surface area contributed by atoms with Crippen LogP contribution in [0.5, 0.6) is 0 Å². The van der Waals surface area contributed by atoms with E-state index in [1.165, 1.54) is 18.3 Å². The van der Waals surface area contributed by atoms with E-state index in [0.717, 1.165) is 38.5 Å². The Morgan fingerprint density at radius 3 is 2.60 bits per heavy atom. The Labute approximate surface area is 181 Å². The van der Waals surface area contributed by atoms with Gasteiger partial charge in [-0.3, -0.25) is 9.59 Å². The summed E-state index contributed by atoms with van der Waals surface area (Å²) in [4.78, 5) is 23.7. The lowest BCUT2D eigenvalue weighted by Crippen LogP contribution is -2.53. The maximum Gasteiger partial charge on any atom is 0.306 e. The molecule has 0 aromatic rings. The first-order valence-corrected chi connectivity index (χ1v) is 11.4. The molecule has 0 saturated heterocycles. The van der Waals surface area contributed by atoms with Gasteiger partial charge < -0.3 is 14.6 Å². The van der Waals surface area contributed by atoms with Gasteiger partial charge in [0.25, 0.3) is 0 Å². The molecule has 5 heteroatoms. The molecule has 1 N–H and O–H groups in total. The van der Waals surface area contributed by atoms with Crippen LogP contribution in [0.1, 0.15) is 79.1 Å². The van der Waals surface area contributed by atoms with Gasteiger partial charge in [-0.15, -0.1) is 0 Å². The Bertz CT molecular complexity index is 679. The van der Waals surface area contributed by atoms with Crippen LogP contribution in [-0.4, -0.2) is 37.4 Å². The molecule has 1 saturated carbocycles. The third-order valence-corrected chi connectivity index (χ3v) is 8.05. The first-order valence-electron chi connectivity index (χ1n) is 11.4. The minimum absolute atomic E-state index is 0.0613.